The molecule has 0 bridgehead atoms. The Hall–Kier alpha value is -1.72. The summed E-state index contributed by atoms with van der Waals surface area (Å²) >= 11 is 1.59. The summed E-state index contributed by atoms with van der Waals surface area (Å²) in [6, 6.07) is 29.8. The topological polar surface area (TPSA) is 0 Å². The van der Waals surface area contributed by atoms with E-state index in [0.717, 1.165) is 12.8 Å². The molecule has 24 heavy (non-hydrogen) atoms. The summed E-state index contributed by atoms with van der Waals surface area (Å²) in [5.41, 5.74) is 5.73. The summed E-state index contributed by atoms with van der Waals surface area (Å²) in [6.07, 6.45) is 6.76. The molecule has 1 heteroatoms. The van der Waals surface area contributed by atoms with Crippen LogP contribution in [0.1, 0.15) is 25.9 Å². The molecule has 0 spiro atoms. The normalized spacial score (nSPS) is 14.5. The van der Waals surface area contributed by atoms with Crippen molar-refractivity contribution >= 4 is 6.08 Å². The first-order valence-corrected chi connectivity index (χ1v) is 9.81. The summed E-state index contributed by atoms with van der Waals surface area (Å²) in [5, 5.41) is 0. The number of aryl methyl sites for hydroxylation is 2. The van der Waals surface area contributed by atoms with Crippen molar-refractivity contribution in [2.75, 3.05) is 0 Å². The van der Waals surface area contributed by atoms with Crippen LogP contribution in [0, 0.1) is 0 Å². The molecule has 1 aliphatic rings. The molecule has 0 N–H and O–H groups in total. The van der Waals surface area contributed by atoms with Crippen LogP contribution in [-0.4, -0.2) is 0 Å². The van der Waals surface area contributed by atoms with Crippen LogP contribution >= 0.6 is 0 Å². The minimum atomic E-state index is 0.711. The van der Waals surface area contributed by atoms with Crippen molar-refractivity contribution in [3.63, 3.8) is 0 Å². The zero-order valence-electron chi connectivity index (χ0n) is 13.7. The van der Waals surface area contributed by atoms with Gasteiger partial charge in [0.2, 0.25) is 0 Å². The largest absolute Gasteiger partial charge is 0.0622 e. The molecular weight excluding hydrogens is 367 g/mol. The van der Waals surface area contributed by atoms with E-state index >= 15 is 0 Å². The quantitative estimate of drug-likeness (QED) is 0.534. The SMILES string of the molecule is [Zr][C@H]1C=Cc2ccccc21.c1ccc(CCc2ccccc2)cc1. The van der Waals surface area contributed by atoms with Crippen molar-refractivity contribution in [1.29, 1.82) is 0 Å². The summed E-state index contributed by atoms with van der Waals surface area (Å²) in [6.45, 7) is 0. The Bertz CT molecular complexity index is 736. The van der Waals surface area contributed by atoms with Crippen LogP contribution in [0.25, 0.3) is 6.08 Å². The van der Waals surface area contributed by atoms with Gasteiger partial charge in [-0.1, -0.05) is 60.7 Å². The van der Waals surface area contributed by atoms with Crippen LogP contribution in [-0.2, 0) is 37.6 Å². The minimum Gasteiger partial charge on any atom is -0.0622 e. The van der Waals surface area contributed by atoms with Gasteiger partial charge in [0.1, 0.15) is 0 Å². The number of rotatable bonds is 3. The summed E-state index contributed by atoms with van der Waals surface area (Å²) < 4.78 is 0.711. The van der Waals surface area contributed by atoms with Crippen molar-refractivity contribution < 1.29 is 24.7 Å². The molecule has 0 fully saturated rings. The molecule has 3 aromatic rings. The van der Waals surface area contributed by atoms with E-state index in [1.807, 2.05) is 0 Å². The van der Waals surface area contributed by atoms with Crippen LogP contribution in [0.15, 0.2) is 91.0 Å². The Morgan fingerprint density at radius 3 is 1.67 bits per heavy atom. The van der Waals surface area contributed by atoms with Crippen molar-refractivity contribution in [3.8, 4) is 0 Å². The van der Waals surface area contributed by atoms with Gasteiger partial charge in [-0.05, 0) is 24.0 Å². The number of benzene rings is 3. The predicted octanol–water partition coefficient (Wildman–Crippen LogP) is 5.77. The zero-order valence-corrected chi connectivity index (χ0v) is 16.2. The molecule has 1 aliphatic carbocycles. The Morgan fingerprint density at radius 2 is 1.12 bits per heavy atom. The molecule has 0 aromatic heterocycles. The van der Waals surface area contributed by atoms with Crippen LogP contribution in [0.2, 0.25) is 0 Å². The van der Waals surface area contributed by atoms with Gasteiger partial charge in [-0.15, -0.1) is 0 Å². The van der Waals surface area contributed by atoms with Gasteiger partial charge in [0.15, 0.2) is 0 Å². The van der Waals surface area contributed by atoms with Crippen molar-refractivity contribution in [2.24, 2.45) is 0 Å². The van der Waals surface area contributed by atoms with Crippen molar-refractivity contribution in [3.05, 3.63) is 113 Å². The number of hydrogen-bond donors (Lipinski definition) is 0. The van der Waals surface area contributed by atoms with Crippen LogP contribution < -0.4 is 0 Å². The molecule has 0 saturated carbocycles. The second-order valence-corrected chi connectivity index (χ2v) is 7.47. The first-order chi connectivity index (χ1) is 11.8. The van der Waals surface area contributed by atoms with Gasteiger partial charge in [0.25, 0.3) is 0 Å². The Balaban J connectivity index is 0.000000149. The first-order valence-electron chi connectivity index (χ1n) is 8.39. The predicted molar refractivity (Wildman–Crippen MR) is 98.5 cm³/mol. The van der Waals surface area contributed by atoms with Crippen molar-refractivity contribution in [1.82, 2.24) is 0 Å². The number of fused-ring (bicyclic) bond motifs is 1. The third-order valence-corrected chi connectivity index (χ3v) is 5.42. The molecule has 0 aliphatic heterocycles. The second-order valence-electron chi connectivity index (χ2n) is 5.94. The molecule has 0 radical (unpaired) electrons. The number of hydrogen-bond acceptors (Lipinski definition) is 0. The zero-order chi connectivity index (χ0) is 16.6. The Morgan fingerprint density at radius 1 is 0.625 bits per heavy atom. The van der Waals surface area contributed by atoms with Crippen LogP contribution in [0.4, 0.5) is 0 Å². The molecule has 1 atom stereocenters. The molecule has 3 aromatic carbocycles. The Kier molecular flexibility index (Phi) is 6.38. The van der Waals surface area contributed by atoms with E-state index in [0.29, 0.717) is 3.63 Å². The van der Waals surface area contributed by atoms with Crippen LogP contribution in [0.5, 0.6) is 0 Å². The van der Waals surface area contributed by atoms with Crippen LogP contribution in [0.3, 0.4) is 0 Å². The summed E-state index contributed by atoms with van der Waals surface area (Å²) in [5.74, 6) is 0. The molecule has 0 amide bonds. The third-order valence-electron chi connectivity index (χ3n) is 4.19. The van der Waals surface area contributed by atoms with E-state index in [2.05, 4.69) is 97.1 Å². The second kappa shape index (κ2) is 8.95. The van der Waals surface area contributed by atoms with Crippen molar-refractivity contribution in [2.45, 2.75) is 16.5 Å². The van der Waals surface area contributed by atoms with Gasteiger partial charge < -0.3 is 0 Å². The van der Waals surface area contributed by atoms with Gasteiger partial charge in [-0.25, -0.2) is 0 Å². The maximum absolute atomic E-state index is 2.28. The van der Waals surface area contributed by atoms with E-state index in [4.69, 9.17) is 0 Å². The fourth-order valence-corrected chi connectivity index (χ4v) is 3.71. The molecule has 0 saturated heterocycles. The molecule has 4 rings (SSSR count). The van der Waals surface area contributed by atoms with E-state index in [1.165, 1.54) is 22.3 Å². The van der Waals surface area contributed by atoms with Gasteiger partial charge in [0.05, 0.1) is 0 Å². The molecule has 117 valence electrons. The maximum atomic E-state index is 2.28. The molecule has 0 heterocycles. The van der Waals surface area contributed by atoms with Gasteiger partial charge in [-0.2, -0.15) is 0 Å². The van der Waals surface area contributed by atoms with E-state index < -0.39 is 0 Å². The van der Waals surface area contributed by atoms with Gasteiger partial charge in [0, 0.05) is 0 Å². The fourth-order valence-electron chi connectivity index (χ4n) is 2.83. The molecule has 0 nitrogen and oxygen atoms in total. The van der Waals surface area contributed by atoms with E-state index in [-0.39, 0.29) is 0 Å². The monoisotopic (exact) mass is 387 g/mol. The van der Waals surface area contributed by atoms with Gasteiger partial charge >= 0.3 is 75.9 Å². The Labute approximate surface area is 160 Å². The number of allylic oxidation sites excluding steroid dienone is 1. The van der Waals surface area contributed by atoms with E-state index in [1.54, 1.807) is 24.7 Å². The maximum Gasteiger partial charge on any atom is -0.0238 e. The minimum absolute atomic E-state index is 0.711. The average Bonchev–Trinajstić information content (AvgIpc) is 3.04. The first kappa shape index (κ1) is 17.1. The summed E-state index contributed by atoms with van der Waals surface area (Å²) in [4.78, 5) is 0. The molecule has 0 unspecified atom stereocenters. The van der Waals surface area contributed by atoms with E-state index in [9.17, 15) is 0 Å². The standard InChI is InChI=1S/C14H14.C9H7.Zr/c1-3-7-13(8-4-1)11-12-14-9-5-2-6-10-14;1-2-5-9-7-3-6-8(9)4-1;/h1-10H,11-12H2;1-7H;. The molecular formula is C23H21Zr. The smallest absolute Gasteiger partial charge is 0.0238 e. The van der Waals surface area contributed by atoms with Gasteiger partial charge in [-0.3, -0.25) is 0 Å². The fraction of sp³-hybridized carbons (Fsp3) is 0.130. The third kappa shape index (κ3) is 4.89. The average molecular weight is 389 g/mol. The summed E-state index contributed by atoms with van der Waals surface area (Å²) in [7, 11) is 0.